The molecule has 1 aliphatic rings. The van der Waals surface area contributed by atoms with E-state index in [0.29, 0.717) is 0 Å². The van der Waals surface area contributed by atoms with Crippen LogP contribution in [0.3, 0.4) is 0 Å². The van der Waals surface area contributed by atoms with Crippen LogP contribution in [0.25, 0.3) is 0 Å². The second-order valence-electron chi connectivity index (χ2n) is 5.33. The highest BCUT2D eigenvalue weighted by atomic mass is 32.2. The lowest BCUT2D eigenvalue weighted by Crippen LogP contribution is -2.23. The Morgan fingerprint density at radius 1 is 1.28 bits per heavy atom. The molecule has 1 fully saturated rings. The zero-order chi connectivity index (χ0) is 12.8. The second-order valence-corrected chi connectivity index (χ2v) is 6.44. The van der Waals surface area contributed by atoms with Crippen LogP contribution in [0, 0.1) is 19.8 Å². The Balaban J connectivity index is 1.62. The summed E-state index contributed by atoms with van der Waals surface area (Å²) in [6.45, 7) is 6.50. The van der Waals surface area contributed by atoms with Gasteiger partial charge in [-0.25, -0.2) is 4.98 Å². The Morgan fingerprint density at radius 2 is 2.06 bits per heavy atom. The summed E-state index contributed by atoms with van der Waals surface area (Å²) >= 11 is 1.86. The minimum absolute atomic E-state index is 0.939. The molecule has 1 heterocycles. The van der Waals surface area contributed by atoms with Crippen LogP contribution in [0.15, 0.2) is 17.2 Å². The zero-order valence-electron chi connectivity index (χ0n) is 11.5. The maximum Gasteiger partial charge on any atom is 0.0966 e. The first-order valence-electron chi connectivity index (χ1n) is 7.03. The molecule has 0 aliphatic heterocycles. The highest BCUT2D eigenvalue weighted by Gasteiger charge is 2.13. The van der Waals surface area contributed by atoms with Gasteiger partial charge in [-0.1, -0.05) is 12.8 Å². The van der Waals surface area contributed by atoms with Crippen molar-refractivity contribution in [2.75, 3.05) is 18.8 Å². The van der Waals surface area contributed by atoms with Gasteiger partial charge < -0.3 is 5.32 Å². The van der Waals surface area contributed by atoms with Crippen LogP contribution in [0.1, 0.15) is 36.9 Å². The molecule has 0 spiro atoms. The Labute approximate surface area is 115 Å². The lowest BCUT2D eigenvalue weighted by Gasteiger charge is -2.10. The Kier molecular flexibility index (Phi) is 5.51. The van der Waals surface area contributed by atoms with E-state index in [-0.39, 0.29) is 0 Å². The van der Waals surface area contributed by atoms with Gasteiger partial charge in [-0.05, 0) is 56.8 Å². The van der Waals surface area contributed by atoms with Crippen molar-refractivity contribution in [3.05, 3.63) is 23.4 Å². The maximum absolute atomic E-state index is 4.54. The maximum atomic E-state index is 4.54. The number of pyridine rings is 1. The molecule has 3 heteroatoms. The van der Waals surface area contributed by atoms with Gasteiger partial charge in [0.05, 0.1) is 5.03 Å². The topological polar surface area (TPSA) is 24.9 Å². The van der Waals surface area contributed by atoms with Crippen molar-refractivity contribution in [3.8, 4) is 0 Å². The first-order valence-corrected chi connectivity index (χ1v) is 8.01. The van der Waals surface area contributed by atoms with Crippen LogP contribution >= 0.6 is 11.8 Å². The van der Waals surface area contributed by atoms with E-state index in [0.717, 1.165) is 28.9 Å². The van der Waals surface area contributed by atoms with Crippen molar-refractivity contribution >= 4 is 11.8 Å². The number of thioether (sulfide) groups is 1. The second kappa shape index (κ2) is 7.15. The molecule has 2 nitrogen and oxygen atoms in total. The van der Waals surface area contributed by atoms with Crippen LogP contribution in [0.5, 0.6) is 0 Å². The monoisotopic (exact) mass is 264 g/mol. The van der Waals surface area contributed by atoms with Crippen LogP contribution in [-0.2, 0) is 0 Å². The number of aryl methyl sites for hydroxylation is 2. The van der Waals surface area contributed by atoms with Crippen molar-refractivity contribution in [2.45, 2.75) is 44.6 Å². The van der Waals surface area contributed by atoms with Gasteiger partial charge in [-0.3, -0.25) is 0 Å². The van der Waals surface area contributed by atoms with Gasteiger partial charge in [0, 0.05) is 18.0 Å². The minimum Gasteiger partial charge on any atom is -0.316 e. The summed E-state index contributed by atoms with van der Waals surface area (Å²) in [6, 6.07) is 4.30. The highest BCUT2D eigenvalue weighted by molar-refractivity contribution is 7.99. The van der Waals surface area contributed by atoms with E-state index in [1.165, 1.54) is 37.8 Å². The third-order valence-electron chi connectivity index (χ3n) is 3.51. The first kappa shape index (κ1) is 13.9. The standard InChI is InChI=1S/C15H24N2S/c1-12-9-13(2)17-15(10-12)18-8-7-16-11-14-5-3-4-6-14/h9-10,14,16H,3-8,11H2,1-2H3. The molecule has 100 valence electrons. The van der Waals surface area contributed by atoms with Gasteiger partial charge in [0.1, 0.15) is 0 Å². The summed E-state index contributed by atoms with van der Waals surface area (Å²) in [6.07, 6.45) is 5.73. The van der Waals surface area contributed by atoms with E-state index < -0.39 is 0 Å². The van der Waals surface area contributed by atoms with Gasteiger partial charge in [-0.15, -0.1) is 11.8 Å². The van der Waals surface area contributed by atoms with Gasteiger partial charge in [0.15, 0.2) is 0 Å². The Hall–Kier alpha value is -0.540. The van der Waals surface area contributed by atoms with Crippen LogP contribution in [-0.4, -0.2) is 23.8 Å². The molecule has 0 saturated heterocycles. The predicted octanol–water partition coefficient (Wildman–Crippen LogP) is 3.57. The summed E-state index contributed by atoms with van der Waals surface area (Å²) < 4.78 is 0. The normalized spacial score (nSPS) is 16.3. The van der Waals surface area contributed by atoms with Crippen molar-refractivity contribution in [1.82, 2.24) is 10.3 Å². The predicted molar refractivity (Wildman–Crippen MR) is 79.3 cm³/mol. The third-order valence-corrected chi connectivity index (χ3v) is 4.42. The first-order chi connectivity index (χ1) is 8.74. The molecule has 0 unspecified atom stereocenters. The van der Waals surface area contributed by atoms with Gasteiger partial charge >= 0.3 is 0 Å². The largest absolute Gasteiger partial charge is 0.316 e. The highest BCUT2D eigenvalue weighted by Crippen LogP contribution is 2.23. The summed E-state index contributed by atoms with van der Waals surface area (Å²) in [4.78, 5) is 4.54. The van der Waals surface area contributed by atoms with E-state index >= 15 is 0 Å². The van der Waals surface area contributed by atoms with Gasteiger partial charge in [-0.2, -0.15) is 0 Å². The average molecular weight is 264 g/mol. The number of nitrogens with zero attached hydrogens (tertiary/aromatic N) is 1. The molecule has 0 radical (unpaired) electrons. The number of aromatic nitrogens is 1. The molecule has 1 N–H and O–H groups in total. The summed E-state index contributed by atoms with van der Waals surface area (Å²) in [5, 5.41) is 4.74. The molecular weight excluding hydrogens is 240 g/mol. The minimum atomic E-state index is 0.939. The van der Waals surface area contributed by atoms with E-state index in [1.54, 1.807) is 0 Å². The fourth-order valence-electron chi connectivity index (χ4n) is 2.63. The fourth-order valence-corrected chi connectivity index (χ4v) is 3.56. The molecular formula is C15H24N2S. The summed E-state index contributed by atoms with van der Waals surface area (Å²) in [5.41, 5.74) is 2.43. The lowest BCUT2D eigenvalue weighted by molar-refractivity contribution is 0.500. The smallest absolute Gasteiger partial charge is 0.0966 e. The Bertz CT molecular complexity index is 353. The molecule has 1 aromatic rings. The van der Waals surface area contributed by atoms with Gasteiger partial charge in [0.25, 0.3) is 0 Å². The van der Waals surface area contributed by atoms with E-state index in [2.05, 4.69) is 36.3 Å². The molecule has 2 rings (SSSR count). The molecule has 1 aliphatic carbocycles. The molecule has 1 saturated carbocycles. The zero-order valence-corrected chi connectivity index (χ0v) is 12.4. The third kappa shape index (κ3) is 4.62. The quantitative estimate of drug-likeness (QED) is 0.628. The number of hydrogen-bond donors (Lipinski definition) is 1. The average Bonchev–Trinajstić information content (AvgIpc) is 2.80. The van der Waals surface area contributed by atoms with E-state index in [9.17, 15) is 0 Å². The van der Waals surface area contributed by atoms with E-state index in [4.69, 9.17) is 0 Å². The van der Waals surface area contributed by atoms with Crippen molar-refractivity contribution in [2.24, 2.45) is 5.92 Å². The van der Waals surface area contributed by atoms with E-state index in [1.807, 2.05) is 11.8 Å². The molecule has 0 amide bonds. The summed E-state index contributed by atoms with van der Waals surface area (Å²) in [7, 11) is 0. The molecule has 0 aromatic carbocycles. The number of nitrogens with one attached hydrogen (secondary N) is 1. The molecule has 18 heavy (non-hydrogen) atoms. The van der Waals surface area contributed by atoms with Crippen molar-refractivity contribution in [1.29, 1.82) is 0 Å². The fraction of sp³-hybridized carbons (Fsp3) is 0.667. The van der Waals surface area contributed by atoms with Crippen molar-refractivity contribution in [3.63, 3.8) is 0 Å². The van der Waals surface area contributed by atoms with Crippen LogP contribution < -0.4 is 5.32 Å². The Morgan fingerprint density at radius 3 is 2.78 bits per heavy atom. The van der Waals surface area contributed by atoms with Crippen LogP contribution in [0.2, 0.25) is 0 Å². The summed E-state index contributed by atoms with van der Waals surface area (Å²) in [5.74, 6) is 2.05. The number of hydrogen-bond acceptors (Lipinski definition) is 3. The molecule has 0 atom stereocenters. The molecule has 1 aromatic heterocycles. The van der Waals surface area contributed by atoms with Gasteiger partial charge in [0.2, 0.25) is 0 Å². The van der Waals surface area contributed by atoms with Crippen LogP contribution in [0.4, 0.5) is 0 Å². The SMILES string of the molecule is Cc1cc(C)nc(SCCNCC2CCCC2)c1. The lowest BCUT2D eigenvalue weighted by atomic mass is 10.1. The number of rotatable bonds is 6. The van der Waals surface area contributed by atoms with Crippen molar-refractivity contribution < 1.29 is 0 Å². The molecule has 0 bridgehead atoms.